The molecule has 1 saturated carbocycles. The number of urea groups is 1. The van der Waals surface area contributed by atoms with E-state index in [0.29, 0.717) is 32.6 Å². The third-order valence-electron chi connectivity index (χ3n) is 4.47. The van der Waals surface area contributed by atoms with Gasteiger partial charge < -0.3 is 20.1 Å². The van der Waals surface area contributed by atoms with Gasteiger partial charge >= 0.3 is 12.0 Å². The number of nitrogens with zero attached hydrogens (tertiary/aromatic N) is 1. The van der Waals surface area contributed by atoms with Crippen LogP contribution in [-0.2, 0) is 9.53 Å². The molecule has 20 heavy (non-hydrogen) atoms. The Bertz CT molecular complexity index is 360. The summed E-state index contributed by atoms with van der Waals surface area (Å²) in [6.07, 6.45) is 4.99. The van der Waals surface area contributed by atoms with Gasteiger partial charge in [-0.25, -0.2) is 9.59 Å². The maximum atomic E-state index is 12.4. The summed E-state index contributed by atoms with van der Waals surface area (Å²) in [4.78, 5) is 25.8. The van der Waals surface area contributed by atoms with Crippen LogP contribution in [0.1, 0.15) is 45.4 Å². The number of nitrogens with one attached hydrogen (secondary N) is 1. The van der Waals surface area contributed by atoms with Crippen LogP contribution in [0.3, 0.4) is 0 Å². The number of hydrogen-bond donors (Lipinski definition) is 2. The van der Waals surface area contributed by atoms with Crippen molar-refractivity contribution < 1.29 is 19.4 Å². The van der Waals surface area contributed by atoms with E-state index in [9.17, 15) is 14.7 Å². The number of carbonyl (C=O) groups is 2. The van der Waals surface area contributed by atoms with Gasteiger partial charge in [-0.05, 0) is 19.8 Å². The van der Waals surface area contributed by atoms with Crippen LogP contribution in [0.15, 0.2) is 0 Å². The van der Waals surface area contributed by atoms with Crippen molar-refractivity contribution in [1.82, 2.24) is 10.2 Å². The van der Waals surface area contributed by atoms with Crippen LogP contribution in [0.25, 0.3) is 0 Å². The average molecular weight is 284 g/mol. The molecule has 0 aromatic heterocycles. The highest BCUT2D eigenvalue weighted by Gasteiger charge is 2.43. The fourth-order valence-corrected chi connectivity index (χ4v) is 3.17. The summed E-state index contributed by atoms with van der Waals surface area (Å²) in [5, 5.41) is 12.2. The molecule has 1 aliphatic carbocycles. The summed E-state index contributed by atoms with van der Waals surface area (Å²) in [6, 6.07) is 0.00869. The predicted molar refractivity (Wildman–Crippen MR) is 73.6 cm³/mol. The molecule has 0 aromatic rings. The molecule has 0 spiro atoms. The van der Waals surface area contributed by atoms with E-state index >= 15 is 0 Å². The fourth-order valence-electron chi connectivity index (χ4n) is 3.17. The molecule has 1 heterocycles. The molecule has 2 fully saturated rings. The van der Waals surface area contributed by atoms with Gasteiger partial charge in [0, 0.05) is 38.6 Å². The monoisotopic (exact) mass is 284 g/mol. The molecule has 2 amide bonds. The maximum Gasteiger partial charge on any atom is 0.329 e. The highest BCUT2D eigenvalue weighted by molar-refractivity contribution is 5.86. The Labute approximate surface area is 119 Å². The largest absolute Gasteiger partial charge is 0.480 e. The number of carbonyl (C=O) groups excluding carboxylic acids is 1. The van der Waals surface area contributed by atoms with Gasteiger partial charge in [0.2, 0.25) is 0 Å². The third kappa shape index (κ3) is 3.06. The lowest BCUT2D eigenvalue weighted by Crippen LogP contribution is -2.61. The third-order valence-corrected chi connectivity index (χ3v) is 4.47. The zero-order chi connectivity index (χ0) is 14.6. The number of aliphatic carboxylic acids is 1. The minimum absolute atomic E-state index is 0.247. The van der Waals surface area contributed by atoms with Crippen LogP contribution in [0.4, 0.5) is 4.79 Å². The number of rotatable bonds is 4. The zero-order valence-electron chi connectivity index (χ0n) is 12.1. The molecule has 0 aromatic carbocycles. The Balaban J connectivity index is 2.04. The van der Waals surface area contributed by atoms with Crippen molar-refractivity contribution in [2.75, 3.05) is 19.8 Å². The smallest absolute Gasteiger partial charge is 0.329 e. The lowest BCUT2D eigenvalue weighted by molar-refractivity contribution is -0.148. The molecular weight excluding hydrogens is 260 g/mol. The van der Waals surface area contributed by atoms with Crippen molar-refractivity contribution in [1.29, 1.82) is 0 Å². The molecule has 0 bridgehead atoms. The first-order chi connectivity index (χ1) is 9.59. The van der Waals surface area contributed by atoms with Gasteiger partial charge in [0.15, 0.2) is 0 Å². The SMILES string of the molecule is CCN(C(=O)NC1(C(=O)O)CCOCC1)C1CCCC1. The summed E-state index contributed by atoms with van der Waals surface area (Å²) in [5.74, 6) is -0.961. The highest BCUT2D eigenvalue weighted by Crippen LogP contribution is 2.25. The van der Waals surface area contributed by atoms with Crippen molar-refractivity contribution in [3.8, 4) is 0 Å². The molecule has 6 heteroatoms. The van der Waals surface area contributed by atoms with E-state index in [-0.39, 0.29) is 12.1 Å². The second-order valence-electron chi connectivity index (χ2n) is 5.65. The standard InChI is InChI=1S/C14H24N2O4/c1-2-16(11-5-3-4-6-11)13(19)15-14(12(17)18)7-9-20-10-8-14/h11H,2-10H2,1H3,(H,15,19)(H,17,18). The molecule has 0 unspecified atom stereocenters. The van der Waals surface area contributed by atoms with E-state index in [4.69, 9.17) is 4.74 Å². The number of hydrogen-bond acceptors (Lipinski definition) is 3. The zero-order valence-corrected chi connectivity index (χ0v) is 12.1. The van der Waals surface area contributed by atoms with Crippen LogP contribution in [0, 0.1) is 0 Å². The van der Waals surface area contributed by atoms with Gasteiger partial charge in [-0.1, -0.05) is 12.8 Å². The summed E-state index contributed by atoms with van der Waals surface area (Å²) >= 11 is 0. The van der Waals surface area contributed by atoms with Gasteiger partial charge in [0.25, 0.3) is 0 Å². The van der Waals surface area contributed by atoms with Crippen molar-refractivity contribution in [2.45, 2.75) is 57.0 Å². The second kappa shape index (κ2) is 6.43. The van der Waals surface area contributed by atoms with E-state index in [0.717, 1.165) is 25.7 Å². The van der Waals surface area contributed by atoms with E-state index in [2.05, 4.69) is 5.32 Å². The average Bonchev–Trinajstić information content (AvgIpc) is 2.94. The molecule has 6 nitrogen and oxygen atoms in total. The van der Waals surface area contributed by atoms with E-state index in [1.807, 2.05) is 6.92 Å². The highest BCUT2D eigenvalue weighted by atomic mass is 16.5. The molecule has 0 atom stereocenters. The second-order valence-corrected chi connectivity index (χ2v) is 5.65. The molecule has 0 radical (unpaired) electrons. The summed E-state index contributed by atoms with van der Waals surface area (Å²) in [7, 11) is 0. The Morgan fingerprint density at radius 3 is 2.40 bits per heavy atom. The summed E-state index contributed by atoms with van der Waals surface area (Å²) in [6.45, 7) is 3.31. The maximum absolute atomic E-state index is 12.4. The summed E-state index contributed by atoms with van der Waals surface area (Å²) in [5.41, 5.74) is -1.17. The Hall–Kier alpha value is -1.30. The lowest BCUT2D eigenvalue weighted by atomic mass is 9.90. The van der Waals surface area contributed by atoms with E-state index in [1.54, 1.807) is 4.90 Å². The van der Waals surface area contributed by atoms with E-state index in [1.165, 1.54) is 0 Å². The molecule has 2 aliphatic rings. The Morgan fingerprint density at radius 2 is 1.90 bits per heavy atom. The normalized spacial score (nSPS) is 22.4. The van der Waals surface area contributed by atoms with Gasteiger partial charge in [-0.3, -0.25) is 0 Å². The molecular formula is C14H24N2O4. The van der Waals surface area contributed by atoms with Crippen molar-refractivity contribution in [3.05, 3.63) is 0 Å². The van der Waals surface area contributed by atoms with Crippen molar-refractivity contribution >= 4 is 12.0 Å². The predicted octanol–water partition coefficient (Wildman–Crippen LogP) is 1.59. The van der Waals surface area contributed by atoms with E-state index < -0.39 is 11.5 Å². The minimum Gasteiger partial charge on any atom is -0.480 e. The topological polar surface area (TPSA) is 78.9 Å². The van der Waals surface area contributed by atoms with Crippen LogP contribution < -0.4 is 5.32 Å². The van der Waals surface area contributed by atoms with Gasteiger partial charge in [-0.2, -0.15) is 0 Å². The number of amides is 2. The van der Waals surface area contributed by atoms with Crippen molar-refractivity contribution in [3.63, 3.8) is 0 Å². The molecule has 114 valence electrons. The number of carboxylic acids is 1. The Morgan fingerprint density at radius 1 is 1.30 bits per heavy atom. The molecule has 1 saturated heterocycles. The number of ether oxygens (including phenoxy) is 1. The van der Waals surface area contributed by atoms with Crippen LogP contribution in [0.5, 0.6) is 0 Å². The van der Waals surface area contributed by atoms with Crippen molar-refractivity contribution in [2.24, 2.45) is 0 Å². The van der Waals surface area contributed by atoms with Crippen LogP contribution >= 0.6 is 0 Å². The first kappa shape index (κ1) is 15.1. The van der Waals surface area contributed by atoms with Gasteiger partial charge in [0.1, 0.15) is 5.54 Å². The Kier molecular flexibility index (Phi) is 4.86. The van der Waals surface area contributed by atoms with Crippen LogP contribution in [-0.4, -0.2) is 53.3 Å². The fraction of sp³-hybridized carbons (Fsp3) is 0.857. The van der Waals surface area contributed by atoms with Crippen LogP contribution in [0.2, 0.25) is 0 Å². The molecule has 2 rings (SSSR count). The first-order valence-corrected chi connectivity index (χ1v) is 7.49. The quantitative estimate of drug-likeness (QED) is 0.821. The summed E-state index contributed by atoms with van der Waals surface area (Å²) < 4.78 is 5.21. The molecule has 1 aliphatic heterocycles. The van der Waals surface area contributed by atoms with Gasteiger partial charge in [-0.15, -0.1) is 0 Å². The van der Waals surface area contributed by atoms with Gasteiger partial charge in [0.05, 0.1) is 0 Å². The first-order valence-electron chi connectivity index (χ1n) is 7.49. The number of carboxylic acid groups (broad SMARTS) is 1. The minimum atomic E-state index is -1.17. The lowest BCUT2D eigenvalue weighted by Gasteiger charge is -2.37. The molecule has 2 N–H and O–H groups in total.